The van der Waals surface area contributed by atoms with E-state index in [9.17, 15) is 9.50 Å². The fourth-order valence-electron chi connectivity index (χ4n) is 2.01. The predicted molar refractivity (Wildman–Crippen MR) is 77.2 cm³/mol. The number of benzene rings is 2. The average molecular weight is 274 g/mol. The molecule has 0 bridgehead atoms. The summed E-state index contributed by atoms with van der Waals surface area (Å²) < 4.78 is 18.9. The third-order valence-electron chi connectivity index (χ3n) is 3.25. The summed E-state index contributed by atoms with van der Waals surface area (Å²) in [4.78, 5) is 0. The molecule has 0 radical (unpaired) electrons. The molecule has 1 N–H and O–H groups in total. The van der Waals surface area contributed by atoms with Crippen LogP contribution in [0.15, 0.2) is 42.5 Å². The van der Waals surface area contributed by atoms with Gasteiger partial charge in [-0.25, -0.2) is 4.39 Å². The molecule has 0 aliphatic rings. The van der Waals surface area contributed by atoms with Crippen molar-refractivity contribution in [1.29, 1.82) is 0 Å². The molecule has 106 valence electrons. The molecule has 20 heavy (non-hydrogen) atoms. The molecule has 1 atom stereocenters. The Morgan fingerprint density at radius 1 is 1.10 bits per heavy atom. The van der Waals surface area contributed by atoms with E-state index in [-0.39, 0.29) is 5.82 Å². The highest BCUT2D eigenvalue weighted by Crippen LogP contribution is 2.26. The normalized spacial score (nSPS) is 12.2. The van der Waals surface area contributed by atoms with Crippen molar-refractivity contribution in [2.45, 2.75) is 33.0 Å². The molecule has 0 amide bonds. The van der Waals surface area contributed by atoms with Gasteiger partial charge in [0.25, 0.3) is 0 Å². The molecule has 0 heterocycles. The van der Waals surface area contributed by atoms with Gasteiger partial charge in [-0.3, -0.25) is 0 Å². The molecule has 0 saturated carbocycles. The fraction of sp³-hybridized carbons (Fsp3) is 0.294. The van der Waals surface area contributed by atoms with Crippen LogP contribution in [0, 0.1) is 5.82 Å². The molecule has 0 aliphatic carbocycles. The zero-order valence-electron chi connectivity index (χ0n) is 11.8. The molecular formula is C17H19FO2. The van der Waals surface area contributed by atoms with Crippen molar-refractivity contribution in [3.05, 3.63) is 65.0 Å². The molecule has 0 aromatic heterocycles. The lowest BCUT2D eigenvalue weighted by Crippen LogP contribution is -2.01. The Morgan fingerprint density at radius 2 is 1.75 bits per heavy atom. The number of aryl methyl sites for hydroxylation is 1. The Hall–Kier alpha value is -1.87. The maximum absolute atomic E-state index is 13.3. The maximum Gasteiger partial charge on any atom is 0.128 e. The van der Waals surface area contributed by atoms with E-state index in [0.29, 0.717) is 17.9 Å². The van der Waals surface area contributed by atoms with Crippen molar-refractivity contribution in [3.63, 3.8) is 0 Å². The fourth-order valence-corrected chi connectivity index (χ4v) is 2.01. The van der Waals surface area contributed by atoms with Crippen LogP contribution < -0.4 is 4.74 Å². The van der Waals surface area contributed by atoms with Crippen LogP contribution in [0.3, 0.4) is 0 Å². The molecule has 0 aliphatic heterocycles. The van der Waals surface area contributed by atoms with E-state index in [2.05, 4.69) is 19.1 Å². The SMILES string of the molecule is CCc1ccc(COc2cc(F)ccc2C(C)O)cc1. The van der Waals surface area contributed by atoms with Crippen LogP contribution in [0.2, 0.25) is 0 Å². The van der Waals surface area contributed by atoms with Gasteiger partial charge in [0.05, 0.1) is 6.10 Å². The standard InChI is InChI=1S/C17H19FO2/c1-3-13-4-6-14(7-5-13)11-20-17-10-15(18)8-9-16(17)12(2)19/h4-10,12,19H,3,11H2,1-2H3. The quantitative estimate of drug-likeness (QED) is 0.892. The average Bonchev–Trinajstić information content (AvgIpc) is 2.45. The second kappa shape index (κ2) is 6.53. The van der Waals surface area contributed by atoms with Gasteiger partial charge >= 0.3 is 0 Å². The minimum atomic E-state index is -0.687. The largest absolute Gasteiger partial charge is 0.488 e. The van der Waals surface area contributed by atoms with Crippen LogP contribution in [0.25, 0.3) is 0 Å². The molecule has 1 unspecified atom stereocenters. The first-order valence-electron chi connectivity index (χ1n) is 6.78. The minimum absolute atomic E-state index is 0.354. The smallest absolute Gasteiger partial charge is 0.128 e. The highest BCUT2D eigenvalue weighted by molar-refractivity contribution is 5.36. The Labute approximate surface area is 118 Å². The molecule has 2 nitrogen and oxygen atoms in total. The van der Waals surface area contributed by atoms with Crippen LogP contribution in [0.1, 0.15) is 36.6 Å². The highest BCUT2D eigenvalue weighted by atomic mass is 19.1. The van der Waals surface area contributed by atoms with Crippen molar-refractivity contribution < 1.29 is 14.2 Å². The number of ether oxygens (including phenoxy) is 1. The van der Waals surface area contributed by atoms with Gasteiger partial charge in [0.2, 0.25) is 0 Å². The van der Waals surface area contributed by atoms with E-state index >= 15 is 0 Å². The summed E-state index contributed by atoms with van der Waals surface area (Å²) in [5.41, 5.74) is 2.88. The van der Waals surface area contributed by atoms with Crippen molar-refractivity contribution in [2.24, 2.45) is 0 Å². The van der Waals surface area contributed by atoms with Gasteiger partial charge in [0, 0.05) is 11.6 Å². The van der Waals surface area contributed by atoms with E-state index in [1.165, 1.54) is 17.7 Å². The van der Waals surface area contributed by atoms with Gasteiger partial charge in [-0.2, -0.15) is 0 Å². The Balaban J connectivity index is 2.11. The third kappa shape index (κ3) is 3.58. The van der Waals surface area contributed by atoms with Crippen LogP contribution in [-0.2, 0) is 13.0 Å². The number of hydrogen-bond donors (Lipinski definition) is 1. The van der Waals surface area contributed by atoms with Crippen LogP contribution in [-0.4, -0.2) is 5.11 Å². The summed E-state index contributed by atoms with van der Waals surface area (Å²) in [5.74, 6) is 0.0188. The van der Waals surface area contributed by atoms with Crippen molar-refractivity contribution in [2.75, 3.05) is 0 Å². The maximum atomic E-state index is 13.3. The van der Waals surface area contributed by atoms with E-state index in [0.717, 1.165) is 12.0 Å². The van der Waals surface area contributed by atoms with Gasteiger partial charge < -0.3 is 9.84 Å². The summed E-state index contributed by atoms with van der Waals surface area (Å²) in [6, 6.07) is 12.3. The molecule has 2 rings (SSSR count). The zero-order valence-corrected chi connectivity index (χ0v) is 11.8. The van der Waals surface area contributed by atoms with E-state index in [4.69, 9.17) is 4.74 Å². The van der Waals surface area contributed by atoms with E-state index < -0.39 is 6.10 Å². The molecule has 0 spiro atoms. The second-order valence-electron chi connectivity index (χ2n) is 4.82. The predicted octanol–water partition coefficient (Wildman–Crippen LogP) is 4.02. The summed E-state index contributed by atoms with van der Waals surface area (Å²) >= 11 is 0. The molecular weight excluding hydrogens is 255 g/mol. The third-order valence-corrected chi connectivity index (χ3v) is 3.25. The molecule has 2 aromatic carbocycles. The van der Waals surface area contributed by atoms with Gasteiger partial charge in [-0.15, -0.1) is 0 Å². The first kappa shape index (κ1) is 14.5. The zero-order chi connectivity index (χ0) is 14.5. The number of aliphatic hydroxyl groups is 1. The number of halogens is 1. The summed E-state index contributed by atoms with van der Waals surface area (Å²) in [7, 11) is 0. The number of hydrogen-bond acceptors (Lipinski definition) is 2. The molecule has 3 heteroatoms. The first-order valence-corrected chi connectivity index (χ1v) is 6.78. The minimum Gasteiger partial charge on any atom is -0.488 e. The molecule has 0 fully saturated rings. The second-order valence-corrected chi connectivity index (χ2v) is 4.82. The van der Waals surface area contributed by atoms with Crippen LogP contribution in [0.5, 0.6) is 5.75 Å². The van der Waals surface area contributed by atoms with Crippen molar-refractivity contribution in [3.8, 4) is 5.75 Å². The highest BCUT2D eigenvalue weighted by Gasteiger charge is 2.10. The van der Waals surface area contributed by atoms with Gasteiger partial charge in [0.1, 0.15) is 18.2 Å². The van der Waals surface area contributed by atoms with Gasteiger partial charge in [-0.1, -0.05) is 31.2 Å². The lowest BCUT2D eigenvalue weighted by Gasteiger charge is -2.13. The lowest BCUT2D eigenvalue weighted by molar-refractivity contribution is 0.190. The van der Waals surface area contributed by atoms with E-state index in [1.54, 1.807) is 13.0 Å². The van der Waals surface area contributed by atoms with Crippen LogP contribution in [0.4, 0.5) is 4.39 Å². The molecule has 0 saturated heterocycles. The molecule has 2 aromatic rings. The Bertz CT molecular complexity index is 562. The first-order chi connectivity index (χ1) is 9.60. The van der Waals surface area contributed by atoms with E-state index in [1.807, 2.05) is 12.1 Å². The number of rotatable bonds is 5. The van der Waals surface area contributed by atoms with Crippen molar-refractivity contribution >= 4 is 0 Å². The number of aliphatic hydroxyl groups excluding tert-OH is 1. The Morgan fingerprint density at radius 3 is 2.35 bits per heavy atom. The van der Waals surface area contributed by atoms with Crippen LogP contribution >= 0.6 is 0 Å². The topological polar surface area (TPSA) is 29.5 Å². The van der Waals surface area contributed by atoms with Gasteiger partial charge in [0.15, 0.2) is 0 Å². The summed E-state index contributed by atoms with van der Waals surface area (Å²) in [6.45, 7) is 4.09. The summed E-state index contributed by atoms with van der Waals surface area (Å²) in [5, 5.41) is 9.66. The lowest BCUT2D eigenvalue weighted by atomic mass is 10.1. The Kier molecular flexibility index (Phi) is 4.74. The summed E-state index contributed by atoms with van der Waals surface area (Å²) in [6.07, 6.45) is 0.310. The van der Waals surface area contributed by atoms with Gasteiger partial charge in [-0.05, 0) is 36.6 Å². The van der Waals surface area contributed by atoms with Crippen molar-refractivity contribution in [1.82, 2.24) is 0 Å². The monoisotopic (exact) mass is 274 g/mol.